The third-order valence-corrected chi connectivity index (χ3v) is 14.6. The van der Waals surface area contributed by atoms with Crippen LogP contribution in [0.2, 0.25) is 0 Å². The van der Waals surface area contributed by atoms with Gasteiger partial charge in [-0.25, -0.2) is 0 Å². The van der Waals surface area contributed by atoms with Crippen LogP contribution in [0.5, 0.6) is 0 Å². The molecule has 2 fully saturated rings. The van der Waals surface area contributed by atoms with Gasteiger partial charge < -0.3 is 29.1 Å². The largest absolute Gasteiger partial charge is 0.347 e. The van der Waals surface area contributed by atoms with Gasteiger partial charge in [0.25, 0.3) is 0 Å². The highest BCUT2D eigenvalue weighted by molar-refractivity contribution is 7.81. The quantitative estimate of drug-likeness (QED) is 0.177. The van der Waals surface area contributed by atoms with E-state index in [0.29, 0.717) is 46.7 Å². The van der Waals surface area contributed by atoms with Crippen LogP contribution in [-0.2, 0) is 9.13 Å². The molecule has 0 aromatic carbocycles. The monoisotopic (exact) mass is 578 g/mol. The first-order chi connectivity index (χ1) is 17.2. The van der Waals surface area contributed by atoms with E-state index in [9.17, 15) is 9.13 Å². The summed E-state index contributed by atoms with van der Waals surface area (Å²) in [6.45, 7) is 11.2. The Kier molecular flexibility index (Phi) is 14.3. The van der Waals surface area contributed by atoms with Crippen LogP contribution >= 0.6 is 39.0 Å². The maximum atomic E-state index is 13.2. The van der Waals surface area contributed by atoms with Crippen molar-refractivity contribution in [1.82, 2.24) is 20.0 Å². The average molecular weight is 579 g/mol. The lowest BCUT2D eigenvalue weighted by atomic mass is 9.89. The van der Waals surface area contributed by atoms with E-state index in [4.69, 9.17) is 24.4 Å². The zero-order chi connectivity index (χ0) is 26.6. The molecule has 210 valence electrons. The van der Waals surface area contributed by atoms with E-state index in [2.05, 4.69) is 20.0 Å². The molecule has 0 bridgehead atoms. The van der Waals surface area contributed by atoms with Gasteiger partial charge in [0, 0.05) is 50.8 Å². The van der Waals surface area contributed by atoms with Gasteiger partial charge in [-0.3, -0.25) is 0 Å². The lowest BCUT2D eigenvalue weighted by Gasteiger charge is -2.37. The fourth-order valence-corrected chi connectivity index (χ4v) is 9.25. The Morgan fingerprint density at radius 1 is 0.639 bits per heavy atom. The summed E-state index contributed by atoms with van der Waals surface area (Å²) in [5.41, 5.74) is 0. The number of rotatable bonds is 13. The van der Waals surface area contributed by atoms with Gasteiger partial charge in [-0.1, -0.05) is 66.2 Å². The van der Waals surface area contributed by atoms with Crippen molar-refractivity contribution >= 4 is 49.2 Å². The van der Waals surface area contributed by atoms with Crippen molar-refractivity contribution in [3.05, 3.63) is 0 Å². The smallest absolute Gasteiger partial charge is 0.174 e. The summed E-state index contributed by atoms with van der Waals surface area (Å²) in [6, 6.07) is 0. The van der Waals surface area contributed by atoms with Crippen molar-refractivity contribution in [1.29, 1.82) is 0 Å². The molecule has 0 unspecified atom stereocenters. The Hall–Kier alpha value is -0.160. The summed E-state index contributed by atoms with van der Waals surface area (Å²) >= 11 is 11.7. The number of nitrogens with zero attached hydrogens (tertiary/aromatic N) is 2. The summed E-state index contributed by atoms with van der Waals surface area (Å²) < 4.78 is 26.4. The van der Waals surface area contributed by atoms with Crippen LogP contribution in [0, 0.1) is 11.8 Å². The van der Waals surface area contributed by atoms with E-state index in [1.807, 2.05) is 27.7 Å². The van der Waals surface area contributed by atoms with Crippen LogP contribution in [0.3, 0.4) is 0 Å². The fraction of sp³-hybridized carbons (Fsp3) is 0.923. The van der Waals surface area contributed by atoms with Crippen molar-refractivity contribution in [3.8, 4) is 0 Å². The molecule has 0 aromatic heterocycles. The van der Waals surface area contributed by atoms with Gasteiger partial charge in [0.1, 0.15) is 0 Å². The van der Waals surface area contributed by atoms with Crippen molar-refractivity contribution in [3.63, 3.8) is 0 Å². The van der Waals surface area contributed by atoms with Crippen LogP contribution in [0.1, 0.15) is 91.9 Å². The molecule has 0 heterocycles. The first-order valence-electron chi connectivity index (χ1n) is 14.5. The van der Waals surface area contributed by atoms with E-state index >= 15 is 0 Å². The molecule has 0 saturated heterocycles. The molecule has 0 amide bonds. The first kappa shape index (κ1) is 32.1. The standard InChI is InChI=1S/C26H52N4O2P2S2/c1-5-33(31,6-2)27-25(35)29(21-23-15-11-9-12-16-23)19-20-30(22-24-17-13-10-14-18-24)26(36)28-34(32,7-3)8-4/h23-24H,5-22H2,1-4H3,(H,27,31,35)(H,28,32,36). The third kappa shape index (κ3) is 10.5. The van der Waals surface area contributed by atoms with Gasteiger partial charge in [0.15, 0.2) is 24.8 Å². The maximum absolute atomic E-state index is 13.2. The van der Waals surface area contributed by atoms with Gasteiger partial charge in [-0.05, 0) is 62.0 Å². The molecular formula is C26H52N4O2P2S2. The fourth-order valence-electron chi connectivity index (χ4n) is 5.41. The zero-order valence-electron chi connectivity index (χ0n) is 23.3. The molecule has 10 heteroatoms. The normalized spacial score (nSPS) is 18.0. The first-order valence-corrected chi connectivity index (χ1v) is 19.4. The molecular weight excluding hydrogens is 526 g/mol. The van der Waals surface area contributed by atoms with Crippen molar-refractivity contribution in [2.45, 2.75) is 91.9 Å². The van der Waals surface area contributed by atoms with Crippen LogP contribution in [-0.4, -0.2) is 70.9 Å². The molecule has 2 N–H and O–H groups in total. The van der Waals surface area contributed by atoms with E-state index in [0.717, 1.165) is 26.2 Å². The molecule has 2 aliphatic carbocycles. The van der Waals surface area contributed by atoms with Crippen LogP contribution < -0.4 is 10.2 Å². The SMILES string of the molecule is CCP(=O)(CC)NC(=S)N(CCN(CC1CCCCC1)C(=S)NP(=O)(CC)CC)CC1CCCCC1. The molecule has 36 heavy (non-hydrogen) atoms. The highest BCUT2D eigenvalue weighted by Crippen LogP contribution is 2.41. The minimum absolute atomic E-state index is 0.603. The molecule has 0 radical (unpaired) electrons. The van der Waals surface area contributed by atoms with Gasteiger partial charge in [-0.2, -0.15) is 0 Å². The second kappa shape index (κ2) is 16.1. The van der Waals surface area contributed by atoms with Gasteiger partial charge >= 0.3 is 0 Å². The van der Waals surface area contributed by atoms with E-state index in [-0.39, 0.29) is 0 Å². The number of hydrogen-bond acceptors (Lipinski definition) is 4. The van der Waals surface area contributed by atoms with E-state index < -0.39 is 14.6 Å². The third-order valence-electron chi connectivity index (χ3n) is 8.26. The number of hydrogen-bond donors (Lipinski definition) is 2. The highest BCUT2D eigenvalue weighted by Gasteiger charge is 2.27. The Balaban J connectivity index is 2.16. The molecule has 0 spiro atoms. The predicted molar refractivity (Wildman–Crippen MR) is 165 cm³/mol. The molecule has 0 atom stereocenters. The minimum atomic E-state index is -2.50. The zero-order valence-corrected chi connectivity index (χ0v) is 26.7. The molecule has 0 aromatic rings. The van der Waals surface area contributed by atoms with E-state index in [1.165, 1.54) is 64.2 Å². The Bertz CT molecular complexity index is 706. The van der Waals surface area contributed by atoms with Crippen molar-refractivity contribution < 1.29 is 9.13 Å². The summed E-state index contributed by atoms with van der Waals surface area (Å²) in [5, 5.41) is 7.79. The summed E-state index contributed by atoms with van der Waals surface area (Å²) in [5.74, 6) is 1.25. The molecule has 6 nitrogen and oxygen atoms in total. The second-order valence-electron chi connectivity index (χ2n) is 10.8. The lowest BCUT2D eigenvalue weighted by molar-refractivity contribution is 0.235. The topological polar surface area (TPSA) is 64.7 Å². The second-order valence-corrected chi connectivity index (χ2v) is 18.1. The average Bonchev–Trinajstić information content (AvgIpc) is 2.90. The lowest BCUT2D eigenvalue weighted by Crippen LogP contribution is -2.49. The van der Waals surface area contributed by atoms with Crippen molar-refractivity contribution in [2.24, 2.45) is 11.8 Å². The summed E-state index contributed by atoms with van der Waals surface area (Å²) in [4.78, 5) is 4.50. The minimum Gasteiger partial charge on any atom is -0.347 e. The molecule has 0 aliphatic heterocycles. The van der Waals surface area contributed by atoms with Crippen LogP contribution in [0.4, 0.5) is 0 Å². The van der Waals surface area contributed by atoms with Gasteiger partial charge in [-0.15, -0.1) is 0 Å². The maximum Gasteiger partial charge on any atom is 0.174 e. The predicted octanol–water partition coefficient (Wildman–Crippen LogP) is 7.14. The molecule has 2 aliphatic rings. The highest BCUT2D eigenvalue weighted by atomic mass is 32.1. The van der Waals surface area contributed by atoms with Crippen LogP contribution in [0.25, 0.3) is 0 Å². The van der Waals surface area contributed by atoms with E-state index in [1.54, 1.807) is 0 Å². The molecule has 2 rings (SSSR count). The van der Waals surface area contributed by atoms with Crippen molar-refractivity contribution in [2.75, 3.05) is 50.8 Å². The number of thiocarbonyl (C=S) groups is 2. The van der Waals surface area contributed by atoms with Gasteiger partial charge in [0.2, 0.25) is 0 Å². The molecule has 2 saturated carbocycles. The Labute approximate surface area is 232 Å². The Morgan fingerprint density at radius 2 is 0.944 bits per heavy atom. The van der Waals surface area contributed by atoms with Gasteiger partial charge in [0.05, 0.1) is 0 Å². The van der Waals surface area contributed by atoms with Crippen LogP contribution in [0.15, 0.2) is 0 Å². The Morgan fingerprint density at radius 3 is 1.22 bits per heavy atom. The summed E-state index contributed by atoms with van der Waals surface area (Å²) in [6.07, 6.45) is 15.1. The summed E-state index contributed by atoms with van der Waals surface area (Å²) in [7, 11) is -4.99. The number of nitrogens with one attached hydrogen (secondary N) is 2.